The summed E-state index contributed by atoms with van der Waals surface area (Å²) in [5.41, 5.74) is 1.02. The average Bonchev–Trinajstić information content (AvgIpc) is 2.06. The van der Waals surface area contributed by atoms with Crippen molar-refractivity contribution in [2.75, 3.05) is 5.32 Å². The van der Waals surface area contributed by atoms with E-state index in [2.05, 4.69) is 5.32 Å². The minimum Gasteiger partial charge on any atom is -0.452 e. The number of rotatable bonds is 3. The lowest BCUT2D eigenvalue weighted by Crippen LogP contribution is -2.22. The van der Waals surface area contributed by atoms with E-state index in [9.17, 15) is 0 Å². The van der Waals surface area contributed by atoms with Crippen LogP contribution in [0.3, 0.4) is 0 Å². The Kier molecular flexibility index (Phi) is 2.99. The van der Waals surface area contributed by atoms with Gasteiger partial charge in [0.1, 0.15) is 0 Å². The lowest BCUT2D eigenvalue weighted by Gasteiger charge is -2.09. The van der Waals surface area contributed by atoms with Crippen LogP contribution in [0.2, 0.25) is 0 Å². The monoisotopic (exact) mass is 148 g/mol. The first-order valence-corrected chi connectivity index (χ1v) is 3.62. The highest BCUT2D eigenvalue weighted by molar-refractivity contribution is 6.28. The molecule has 11 heavy (non-hydrogen) atoms. The van der Waals surface area contributed by atoms with Crippen LogP contribution >= 0.6 is 0 Å². The number of anilines is 1. The van der Waals surface area contributed by atoms with Gasteiger partial charge >= 0.3 is 7.48 Å². The number of nitrogens with one attached hydrogen (secondary N) is 1. The lowest BCUT2D eigenvalue weighted by atomic mass is 9.90. The van der Waals surface area contributed by atoms with Gasteiger partial charge in [-0.3, -0.25) is 0 Å². The highest BCUT2D eigenvalue weighted by Crippen LogP contribution is 2.05. The molecule has 0 fully saturated rings. The van der Waals surface area contributed by atoms with Gasteiger partial charge in [-0.05, 0) is 19.1 Å². The second-order valence-electron chi connectivity index (χ2n) is 2.45. The van der Waals surface area contributed by atoms with Crippen molar-refractivity contribution < 1.29 is 5.02 Å². The Morgan fingerprint density at radius 3 is 2.55 bits per heavy atom. The second kappa shape index (κ2) is 4.03. The molecule has 0 heterocycles. The minimum atomic E-state index is -0.00241. The molecule has 3 heteroatoms. The van der Waals surface area contributed by atoms with Crippen LogP contribution in [0.15, 0.2) is 30.3 Å². The van der Waals surface area contributed by atoms with Gasteiger partial charge in [-0.25, -0.2) is 0 Å². The van der Waals surface area contributed by atoms with Crippen LogP contribution in [0, 0.1) is 0 Å². The summed E-state index contributed by atoms with van der Waals surface area (Å²) in [4.78, 5) is 0. The summed E-state index contributed by atoms with van der Waals surface area (Å²) in [7, 11) is 1.13. The van der Waals surface area contributed by atoms with Gasteiger partial charge in [-0.1, -0.05) is 18.2 Å². The van der Waals surface area contributed by atoms with E-state index in [1.807, 2.05) is 37.3 Å². The molecule has 0 amide bonds. The van der Waals surface area contributed by atoms with E-state index in [0.717, 1.165) is 13.2 Å². The van der Waals surface area contributed by atoms with E-state index in [0.29, 0.717) is 0 Å². The summed E-state index contributed by atoms with van der Waals surface area (Å²) < 4.78 is 0. The summed E-state index contributed by atoms with van der Waals surface area (Å²) >= 11 is 0. The highest BCUT2D eigenvalue weighted by Gasteiger charge is 1.99. The summed E-state index contributed by atoms with van der Waals surface area (Å²) in [5, 5.41) is 11.7. The largest absolute Gasteiger partial charge is 0.452 e. The maximum Gasteiger partial charge on any atom is 0.311 e. The highest BCUT2D eigenvalue weighted by atomic mass is 16.2. The van der Waals surface area contributed by atoms with E-state index in [-0.39, 0.29) is 5.94 Å². The molecule has 2 N–H and O–H groups in total. The fraction of sp³-hybridized carbons (Fsp3) is 0.250. The Hall–Kier alpha value is -0.955. The lowest BCUT2D eigenvalue weighted by molar-refractivity contribution is 0.590. The van der Waals surface area contributed by atoms with Crippen molar-refractivity contribution in [1.29, 1.82) is 0 Å². The summed E-state index contributed by atoms with van der Waals surface area (Å²) in [6.07, 6.45) is 0. The first-order chi connectivity index (χ1) is 5.33. The van der Waals surface area contributed by atoms with Crippen LogP contribution in [0.25, 0.3) is 0 Å². The topological polar surface area (TPSA) is 32.3 Å². The number of hydrogen-bond acceptors (Lipinski definition) is 2. The maximum atomic E-state index is 8.61. The van der Waals surface area contributed by atoms with Crippen LogP contribution in [0.1, 0.15) is 6.92 Å². The maximum absolute atomic E-state index is 8.61. The van der Waals surface area contributed by atoms with E-state index < -0.39 is 0 Å². The van der Waals surface area contributed by atoms with Gasteiger partial charge < -0.3 is 10.3 Å². The van der Waals surface area contributed by atoms with Crippen LogP contribution in [-0.2, 0) is 0 Å². The minimum absolute atomic E-state index is 0.00241. The zero-order valence-corrected chi connectivity index (χ0v) is 6.49. The van der Waals surface area contributed by atoms with E-state index in [1.54, 1.807) is 0 Å². The molecule has 0 bridgehead atoms. The first-order valence-electron chi connectivity index (χ1n) is 3.62. The molecular formula is C8H11BNO. The Bertz CT molecular complexity index is 203. The fourth-order valence-electron chi connectivity index (χ4n) is 0.835. The molecule has 1 aromatic carbocycles. The number of benzene rings is 1. The standard InChI is InChI=1S/C8H11BNO/c1-7(9-11)10-8-5-3-2-4-6-8/h2-7,10-11H,1H3. The van der Waals surface area contributed by atoms with Gasteiger partial charge in [0.05, 0.1) is 0 Å². The summed E-state index contributed by atoms with van der Waals surface area (Å²) in [6.45, 7) is 1.88. The van der Waals surface area contributed by atoms with E-state index in [4.69, 9.17) is 5.02 Å². The van der Waals surface area contributed by atoms with Gasteiger partial charge in [0, 0.05) is 11.6 Å². The van der Waals surface area contributed by atoms with Gasteiger partial charge in [0.15, 0.2) is 0 Å². The SMILES string of the molecule is CC([B]O)Nc1ccccc1. The normalized spacial score (nSPS) is 12.2. The molecular weight excluding hydrogens is 137 g/mol. The molecule has 1 aromatic rings. The van der Waals surface area contributed by atoms with Crippen LogP contribution in [-0.4, -0.2) is 18.4 Å². The summed E-state index contributed by atoms with van der Waals surface area (Å²) in [6, 6.07) is 9.78. The number of hydrogen-bond donors (Lipinski definition) is 2. The molecule has 57 valence electrons. The number of para-hydroxylation sites is 1. The van der Waals surface area contributed by atoms with Crippen molar-refractivity contribution >= 4 is 13.2 Å². The van der Waals surface area contributed by atoms with Crippen molar-refractivity contribution in [2.45, 2.75) is 12.9 Å². The van der Waals surface area contributed by atoms with Crippen molar-refractivity contribution in [1.82, 2.24) is 0 Å². The van der Waals surface area contributed by atoms with Crippen LogP contribution in [0.4, 0.5) is 5.69 Å². The van der Waals surface area contributed by atoms with Crippen molar-refractivity contribution in [3.8, 4) is 0 Å². The fourth-order valence-corrected chi connectivity index (χ4v) is 0.835. The van der Waals surface area contributed by atoms with Gasteiger partial charge in [0.2, 0.25) is 0 Å². The van der Waals surface area contributed by atoms with Crippen LogP contribution < -0.4 is 5.32 Å². The quantitative estimate of drug-likeness (QED) is 0.628. The molecule has 1 atom stereocenters. The molecule has 0 spiro atoms. The molecule has 0 aromatic heterocycles. The zero-order valence-electron chi connectivity index (χ0n) is 6.49. The molecule has 0 saturated carbocycles. The molecule has 0 aliphatic carbocycles. The molecule has 2 nitrogen and oxygen atoms in total. The first kappa shape index (κ1) is 8.14. The predicted octanol–water partition coefficient (Wildman–Crippen LogP) is 1.06. The molecule has 0 aliphatic rings. The van der Waals surface area contributed by atoms with Crippen LogP contribution in [0.5, 0.6) is 0 Å². The molecule has 0 saturated heterocycles. The van der Waals surface area contributed by atoms with Crippen molar-refractivity contribution in [3.05, 3.63) is 30.3 Å². The third-order valence-electron chi connectivity index (χ3n) is 1.39. The predicted molar refractivity (Wildman–Crippen MR) is 47.5 cm³/mol. The molecule has 1 radical (unpaired) electrons. The summed E-state index contributed by atoms with van der Waals surface area (Å²) in [5.74, 6) is -0.00241. The van der Waals surface area contributed by atoms with Gasteiger partial charge in [0.25, 0.3) is 0 Å². The van der Waals surface area contributed by atoms with Gasteiger partial charge in [-0.2, -0.15) is 0 Å². The molecule has 1 rings (SSSR count). The van der Waals surface area contributed by atoms with Crippen molar-refractivity contribution in [3.63, 3.8) is 0 Å². The zero-order chi connectivity index (χ0) is 8.10. The average molecular weight is 148 g/mol. The molecule has 1 unspecified atom stereocenters. The van der Waals surface area contributed by atoms with Crippen molar-refractivity contribution in [2.24, 2.45) is 0 Å². The smallest absolute Gasteiger partial charge is 0.311 e. The van der Waals surface area contributed by atoms with E-state index >= 15 is 0 Å². The Labute approximate surface area is 67.5 Å². The third-order valence-corrected chi connectivity index (χ3v) is 1.39. The van der Waals surface area contributed by atoms with E-state index in [1.165, 1.54) is 0 Å². The Morgan fingerprint density at radius 1 is 1.36 bits per heavy atom. The Balaban J connectivity index is 2.51. The third kappa shape index (κ3) is 2.64. The molecule has 0 aliphatic heterocycles. The van der Waals surface area contributed by atoms with Gasteiger partial charge in [-0.15, -0.1) is 0 Å². The Morgan fingerprint density at radius 2 is 2.00 bits per heavy atom. The second-order valence-corrected chi connectivity index (χ2v) is 2.45.